The van der Waals surface area contributed by atoms with Gasteiger partial charge in [-0.2, -0.15) is 0 Å². The van der Waals surface area contributed by atoms with Gasteiger partial charge in [0.25, 0.3) is 0 Å². The molecule has 1 aliphatic rings. The normalized spacial score (nSPS) is 15.8. The number of aromatic nitrogens is 4. The molecule has 0 aliphatic carbocycles. The van der Waals surface area contributed by atoms with E-state index in [0.717, 1.165) is 30.6 Å². The Kier molecular flexibility index (Phi) is 6.12. The van der Waals surface area contributed by atoms with Gasteiger partial charge in [-0.05, 0) is 31.2 Å². The predicted molar refractivity (Wildman–Crippen MR) is 119 cm³/mol. The summed E-state index contributed by atoms with van der Waals surface area (Å²) < 4.78 is 23.0. The molecule has 0 bridgehead atoms. The highest BCUT2D eigenvalue weighted by atomic mass is 35.5. The minimum absolute atomic E-state index is 0.0650. The maximum atomic E-state index is 15.1. The third-order valence-corrected chi connectivity index (χ3v) is 6.32. The second kappa shape index (κ2) is 8.79. The number of hydrogen-bond acceptors (Lipinski definition) is 7. The summed E-state index contributed by atoms with van der Waals surface area (Å²) in [5.74, 6) is 0.600. The minimum atomic E-state index is -0.454. The first kappa shape index (κ1) is 20.9. The Hall–Kier alpha value is -2.36. The van der Waals surface area contributed by atoms with E-state index in [-0.39, 0.29) is 11.1 Å². The van der Waals surface area contributed by atoms with Crippen LogP contribution in [0.15, 0.2) is 24.8 Å². The summed E-state index contributed by atoms with van der Waals surface area (Å²) in [6.07, 6.45) is 7.82. The smallest absolute Gasteiger partial charge is 0.162 e. The summed E-state index contributed by atoms with van der Waals surface area (Å²) in [6, 6.07) is 1.34. The monoisotopic (exact) mass is 448 g/mol. The predicted octanol–water partition coefficient (Wildman–Crippen LogP) is 4.69. The fourth-order valence-electron chi connectivity index (χ4n) is 3.65. The van der Waals surface area contributed by atoms with Crippen LogP contribution in [0.25, 0.3) is 16.7 Å². The average Bonchev–Trinajstić information content (AvgIpc) is 3.25. The highest BCUT2D eigenvalue weighted by Crippen LogP contribution is 2.42. The second-order valence-corrected chi connectivity index (χ2v) is 8.20. The standard InChI is InChI=1S/C20H22ClFN6OS/c1-11(27-20-17-19(24-9-23-17)25-10-26-20)13-8-14(21)16(22)15(18(13)29-2)12-4-6-28(30-3)7-5-12/h4,8-11H,5-7H2,1-3H3,(H2,23,24,25,26,27). The van der Waals surface area contributed by atoms with Crippen molar-refractivity contribution >= 4 is 46.1 Å². The molecular weight excluding hydrogens is 427 g/mol. The molecule has 30 heavy (non-hydrogen) atoms. The number of methoxy groups -OCH3 is 1. The molecule has 1 unspecified atom stereocenters. The Balaban J connectivity index is 1.74. The van der Waals surface area contributed by atoms with Crippen molar-refractivity contribution in [2.24, 2.45) is 0 Å². The quantitative estimate of drug-likeness (QED) is 0.529. The van der Waals surface area contributed by atoms with Gasteiger partial charge in [-0.25, -0.2) is 23.6 Å². The van der Waals surface area contributed by atoms with Gasteiger partial charge >= 0.3 is 0 Å². The lowest BCUT2D eigenvalue weighted by Crippen LogP contribution is -2.22. The summed E-state index contributed by atoms with van der Waals surface area (Å²) in [5.41, 5.74) is 3.35. The zero-order chi connectivity index (χ0) is 21.3. The number of fused-ring (bicyclic) bond motifs is 1. The molecule has 1 aliphatic heterocycles. The van der Waals surface area contributed by atoms with Crippen molar-refractivity contribution in [2.75, 3.05) is 31.8 Å². The molecule has 4 rings (SSSR count). The molecular formula is C20H22ClFN6OS. The Morgan fingerprint density at radius 3 is 2.90 bits per heavy atom. The molecule has 0 spiro atoms. The van der Waals surface area contributed by atoms with Crippen molar-refractivity contribution in [3.05, 3.63) is 46.8 Å². The topological polar surface area (TPSA) is 79.0 Å². The van der Waals surface area contributed by atoms with Crippen LogP contribution in [0.3, 0.4) is 0 Å². The number of hydrogen-bond donors (Lipinski definition) is 2. The average molecular weight is 449 g/mol. The Morgan fingerprint density at radius 1 is 1.37 bits per heavy atom. The third kappa shape index (κ3) is 3.84. The summed E-state index contributed by atoms with van der Waals surface area (Å²) >= 11 is 7.98. The lowest BCUT2D eigenvalue weighted by molar-refractivity contribution is 0.401. The molecule has 0 saturated heterocycles. The van der Waals surface area contributed by atoms with E-state index in [1.165, 1.54) is 6.33 Å². The van der Waals surface area contributed by atoms with Crippen LogP contribution < -0.4 is 10.1 Å². The second-order valence-electron chi connectivity index (χ2n) is 6.91. The highest BCUT2D eigenvalue weighted by molar-refractivity contribution is 7.96. The molecule has 10 heteroatoms. The van der Waals surface area contributed by atoms with Crippen LogP contribution in [-0.4, -0.2) is 50.7 Å². The van der Waals surface area contributed by atoms with Crippen molar-refractivity contribution in [2.45, 2.75) is 19.4 Å². The summed E-state index contributed by atoms with van der Waals surface area (Å²) in [7, 11) is 1.55. The molecule has 2 aromatic heterocycles. The van der Waals surface area contributed by atoms with Gasteiger partial charge in [-0.1, -0.05) is 29.6 Å². The summed E-state index contributed by atoms with van der Waals surface area (Å²) in [6.45, 7) is 3.53. The van der Waals surface area contributed by atoms with E-state index in [1.54, 1.807) is 31.5 Å². The van der Waals surface area contributed by atoms with Crippen LogP contribution in [0, 0.1) is 5.82 Å². The lowest BCUT2D eigenvalue weighted by Gasteiger charge is -2.27. The van der Waals surface area contributed by atoms with Gasteiger partial charge in [-0.15, -0.1) is 0 Å². The number of aromatic amines is 1. The molecule has 1 aromatic carbocycles. The first-order valence-corrected chi connectivity index (χ1v) is 11.0. The van der Waals surface area contributed by atoms with E-state index in [2.05, 4.69) is 29.6 Å². The Bertz CT molecular complexity index is 1100. The zero-order valence-corrected chi connectivity index (χ0v) is 18.4. The SMILES string of the molecule is COc1c(C(C)Nc2ncnc3[nH]cnc23)cc(Cl)c(F)c1C1=CCN(SC)CC1. The first-order chi connectivity index (χ1) is 14.5. The van der Waals surface area contributed by atoms with Gasteiger partial charge in [0.15, 0.2) is 17.3 Å². The molecule has 1 atom stereocenters. The summed E-state index contributed by atoms with van der Waals surface area (Å²) in [5, 5.41) is 3.39. The summed E-state index contributed by atoms with van der Waals surface area (Å²) in [4.78, 5) is 15.7. The van der Waals surface area contributed by atoms with Crippen LogP contribution in [0.4, 0.5) is 10.2 Å². The van der Waals surface area contributed by atoms with Crippen molar-refractivity contribution in [1.29, 1.82) is 0 Å². The number of benzene rings is 1. The number of nitrogens with one attached hydrogen (secondary N) is 2. The van der Waals surface area contributed by atoms with Crippen LogP contribution in [0.5, 0.6) is 5.75 Å². The van der Waals surface area contributed by atoms with Crippen LogP contribution in [0.2, 0.25) is 5.02 Å². The minimum Gasteiger partial charge on any atom is -0.496 e. The number of imidazole rings is 1. The van der Waals surface area contributed by atoms with Gasteiger partial charge < -0.3 is 15.0 Å². The van der Waals surface area contributed by atoms with Crippen molar-refractivity contribution in [3.8, 4) is 5.75 Å². The largest absolute Gasteiger partial charge is 0.496 e. The van der Waals surface area contributed by atoms with Gasteiger partial charge in [0.05, 0.1) is 30.1 Å². The lowest BCUT2D eigenvalue weighted by atomic mass is 9.94. The van der Waals surface area contributed by atoms with Crippen LogP contribution in [0.1, 0.15) is 30.5 Å². The van der Waals surface area contributed by atoms with Crippen LogP contribution in [-0.2, 0) is 0 Å². The van der Waals surface area contributed by atoms with Crippen molar-refractivity contribution in [3.63, 3.8) is 0 Å². The van der Waals surface area contributed by atoms with Crippen molar-refractivity contribution < 1.29 is 9.13 Å². The molecule has 0 radical (unpaired) electrons. The van der Waals surface area contributed by atoms with Gasteiger partial charge in [0.1, 0.15) is 17.6 Å². The van der Waals surface area contributed by atoms with Crippen molar-refractivity contribution in [1.82, 2.24) is 24.2 Å². The molecule has 0 amide bonds. The third-order valence-electron chi connectivity index (χ3n) is 5.19. The highest BCUT2D eigenvalue weighted by Gasteiger charge is 2.26. The number of anilines is 1. The van der Waals surface area contributed by atoms with Gasteiger partial charge in [0, 0.05) is 18.7 Å². The van der Waals surface area contributed by atoms with Gasteiger partial charge in [-0.3, -0.25) is 0 Å². The van der Waals surface area contributed by atoms with E-state index in [4.69, 9.17) is 16.3 Å². The number of H-pyrrole nitrogens is 1. The van der Waals surface area contributed by atoms with Gasteiger partial charge in [0.2, 0.25) is 0 Å². The molecule has 0 fully saturated rings. The number of halogens is 2. The molecule has 3 heterocycles. The number of nitrogens with zero attached hydrogens (tertiary/aromatic N) is 4. The van der Waals surface area contributed by atoms with E-state index in [0.29, 0.717) is 28.3 Å². The molecule has 158 valence electrons. The maximum Gasteiger partial charge on any atom is 0.162 e. The van der Waals surface area contributed by atoms with E-state index in [1.807, 2.05) is 19.3 Å². The Labute approximate surface area is 183 Å². The molecule has 7 nitrogen and oxygen atoms in total. The zero-order valence-electron chi connectivity index (χ0n) is 16.9. The molecule has 0 saturated carbocycles. The van der Waals surface area contributed by atoms with E-state index >= 15 is 4.39 Å². The molecule has 3 aromatic rings. The molecule has 2 N–H and O–H groups in total. The first-order valence-electron chi connectivity index (χ1n) is 9.48. The van der Waals surface area contributed by atoms with Crippen LogP contribution >= 0.6 is 23.5 Å². The fourth-order valence-corrected chi connectivity index (χ4v) is 4.36. The Morgan fingerprint density at radius 2 is 2.20 bits per heavy atom. The fraction of sp³-hybridized carbons (Fsp3) is 0.350. The van der Waals surface area contributed by atoms with E-state index in [9.17, 15) is 0 Å². The number of rotatable bonds is 6. The maximum absolute atomic E-state index is 15.1. The van der Waals surface area contributed by atoms with E-state index < -0.39 is 5.82 Å². The number of ether oxygens (including phenoxy) is 1.